The summed E-state index contributed by atoms with van der Waals surface area (Å²) in [6, 6.07) is 7.81. The number of aryl methyl sites for hydroxylation is 1. The highest BCUT2D eigenvalue weighted by molar-refractivity contribution is 5.97. The van der Waals surface area contributed by atoms with Gasteiger partial charge in [-0.3, -0.25) is 4.79 Å². The molecule has 0 aliphatic carbocycles. The van der Waals surface area contributed by atoms with Crippen molar-refractivity contribution in [2.45, 2.75) is 83.3 Å². The second-order valence-corrected chi connectivity index (χ2v) is 10.7. The Kier molecular flexibility index (Phi) is 13.3. The number of benzene rings is 1. The number of ether oxygens (including phenoxy) is 2. The minimum atomic E-state index is -1.95. The number of halogens is 1. The van der Waals surface area contributed by atoms with Gasteiger partial charge in [-0.25, -0.2) is 9.38 Å². The fourth-order valence-electron chi connectivity index (χ4n) is 4.67. The minimum absolute atomic E-state index is 0. The van der Waals surface area contributed by atoms with E-state index in [-0.39, 0.29) is 31.6 Å². The van der Waals surface area contributed by atoms with Crippen LogP contribution in [0.1, 0.15) is 45.2 Å². The SMILES string of the molecule is C.CC(C)C1=C(Cc2ccc(CCCC(=O)NC(CO)(CO)CO)cc2)C(O[C@@H]2O[C@H](CO)[C@@H](F)[C@H](O)[C@H]2O)=NC1. The van der Waals surface area contributed by atoms with Crippen molar-refractivity contribution in [3.63, 3.8) is 0 Å². The van der Waals surface area contributed by atoms with Gasteiger partial charge in [0.05, 0.1) is 33.0 Å². The van der Waals surface area contributed by atoms with Crippen LogP contribution < -0.4 is 5.32 Å². The molecule has 0 saturated carbocycles. The Balaban J connectivity index is 0.00000588. The summed E-state index contributed by atoms with van der Waals surface area (Å²) in [5.41, 5.74) is 2.39. The molecule has 2 aliphatic heterocycles. The lowest BCUT2D eigenvalue weighted by molar-refractivity contribution is -0.269. The van der Waals surface area contributed by atoms with Crippen molar-refractivity contribution in [1.29, 1.82) is 0 Å². The molecule has 12 heteroatoms. The molecule has 0 spiro atoms. The molecule has 0 unspecified atom stereocenters. The fraction of sp³-hybridized carbons (Fsp3) is 0.655. The first-order valence-corrected chi connectivity index (χ1v) is 13.5. The monoisotopic (exact) mass is 584 g/mol. The van der Waals surface area contributed by atoms with Crippen LogP contribution in [-0.4, -0.2) is 112 Å². The van der Waals surface area contributed by atoms with Crippen LogP contribution in [0.15, 0.2) is 40.4 Å². The molecule has 2 aliphatic rings. The van der Waals surface area contributed by atoms with Crippen molar-refractivity contribution >= 4 is 11.8 Å². The third-order valence-electron chi connectivity index (χ3n) is 7.35. The van der Waals surface area contributed by atoms with Crippen LogP contribution in [-0.2, 0) is 27.1 Å². The maximum Gasteiger partial charge on any atom is 0.231 e. The van der Waals surface area contributed by atoms with Crippen molar-refractivity contribution in [3.05, 3.63) is 46.5 Å². The van der Waals surface area contributed by atoms with Crippen LogP contribution in [0, 0.1) is 5.92 Å². The second kappa shape index (κ2) is 15.7. The Morgan fingerprint density at radius 3 is 2.27 bits per heavy atom. The van der Waals surface area contributed by atoms with Gasteiger partial charge in [0.15, 0.2) is 6.17 Å². The average Bonchev–Trinajstić information content (AvgIpc) is 3.35. The molecule has 5 atom stereocenters. The van der Waals surface area contributed by atoms with E-state index in [0.29, 0.717) is 25.8 Å². The van der Waals surface area contributed by atoms with Crippen molar-refractivity contribution in [2.24, 2.45) is 10.9 Å². The highest BCUT2D eigenvalue weighted by Gasteiger charge is 2.46. The van der Waals surface area contributed by atoms with Crippen LogP contribution in [0.4, 0.5) is 4.39 Å². The largest absolute Gasteiger partial charge is 0.445 e. The summed E-state index contributed by atoms with van der Waals surface area (Å²) >= 11 is 0. The van der Waals surface area contributed by atoms with Crippen LogP contribution >= 0.6 is 0 Å². The highest BCUT2D eigenvalue weighted by atomic mass is 19.1. The first-order valence-electron chi connectivity index (χ1n) is 13.5. The van der Waals surface area contributed by atoms with Crippen molar-refractivity contribution in [1.82, 2.24) is 5.32 Å². The number of aliphatic hydroxyl groups is 6. The lowest BCUT2D eigenvalue weighted by Gasteiger charge is -2.38. The van der Waals surface area contributed by atoms with Gasteiger partial charge in [-0.15, -0.1) is 0 Å². The molecule has 1 saturated heterocycles. The number of hydrogen-bond acceptors (Lipinski definition) is 10. The number of hydrogen-bond donors (Lipinski definition) is 7. The van der Waals surface area contributed by atoms with Gasteiger partial charge < -0.3 is 45.4 Å². The first-order chi connectivity index (χ1) is 19.1. The molecule has 1 fully saturated rings. The predicted octanol–water partition coefficient (Wildman–Crippen LogP) is 0.178. The molecule has 41 heavy (non-hydrogen) atoms. The summed E-state index contributed by atoms with van der Waals surface area (Å²) in [7, 11) is 0. The number of nitrogens with one attached hydrogen (secondary N) is 1. The van der Waals surface area contributed by atoms with Crippen molar-refractivity contribution in [2.75, 3.05) is 33.0 Å². The molecular weight excluding hydrogens is 539 g/mol. The van der Waals surface area contributed by atoms with Crippen molar-refractivity contribution < 1.29 is 49.3 Å². The first kappa shape index (κ1) is 34.7. The number of aliphatic hydroxyl groups excluding tert-OH is 6. The van der Waals surface area contributed by atoms with Gasteiger partial charge in [0.1, 0.15) is 23.9 Å². The minimum Gasteiger partial charge on any atom is -0.445 e. The van der Waals surface area contributed by atoms with Crippen LogP contribution in [0.3, 0.4) is 0 Å². The Morgan fingerprint density at radius 1 is 1.10 bits per heavy atom. The normalized spacial score (nSPS) is 24.7. The summed E-state index contributed by atoms with van der Waals surface area (Å²) < 4.78 is 25.3. The zero-order valence-electron chi connectivity index (χ0n) is 22.9. The van der Waals surface area contributed by atoms with Gasteiger partial charge in [-0.2, -0.15) is 0 Å². The maximum absolute atomic E-state index is 14.1. The highest BCUT2D eigenvalue weighted by Crippen LogP contribution is 2.30. The molecule has 1 aromatic carbocycles. The van der Waals surface area contributed by atoms with E-state index in [1.165, 1.54) is 0 Å². The lowest BCUT2D eigenvalue weighted by atomic mass is 9.93. The summed E-state index contributed by atoms with van der Waals surface area (Å²) in [4.78, 5) is 16.6. The topological polar surface area (TPSA) is 181 Å². The number of carbonyl (C=O) groups is 1. The summed E-state index contributed by atoms with van der Waals surface area (Å²) in [6.07, 6.45) is -6.31. The third kappa shape index (κ3) is 8.54. The van der Waals surface area contributed by atoms with Gasteiger partial charge in [0, 0.05) is 18.4 Å². The van der Waals surface area contributed by atoms with Crippen LogP contribution in [0.2, 0.25) is 0 Å². The number of alkyl halides is 1. The molecule has 3 rings (SSSR count). The van der Waals surface area contributed by atoms with E-state index in [1.807, 2.05) is 38.1 Å². The van der Waals surface area contributed by atoms with Crippen molar-refractivity contribution in [3.8, 4) is 0 Å². The summed E-state index contributed by atoms with van der Waals surface area (Å²) in [5.74, 6) is 0.0327. The molecule has 1 aromatic rings. The van der Waals surface area contributed by atoms with Gasteiger partial charge in [-0.1, -0.05) is 45.5 Å². The van der Waals surface area contributed by atoms with E-state index >= 15 is 0 Å². The molecule has 2 heterocycles. The molecule has 0 bridgehead atoms. The quantitative estimate of drug-likeness (QED) is 0.170. The molecular formula is C29H45FN2O9. The second-order valence-electron chi connectivity index (χ2n) is 10.7. The average molecular weight is 585 g/mol. The molecule has 7 N–H and O–H groups in total. The Labute approximate surface area is 240 Å². The van der Waals surface area contributed by atoms with Gasteiger partial charge in [-0.05, 0) is 35.5 Å². The van der Waals surface area contributed by atoms with Gasteiger partial charge >= 0.3 is 0 Å². The predicted molar refractivity (Wildman–Crippen MR) is 150 cm³/mol. The van der Waals surface area contributed by atoms with Gasteiger partial charge in [0.2, 0.25) is 18.1 Å². The van der Waals surface area contributed by atoms with Gasteiger partial charge in [0.25, 0.3) is 0 Å². The number of rotatable bonds is 13. The molecule has 11 nitrogen and oxygen atoms in total. The standard InChI is InChI=1S/C28H41FN2O9.CH4/c1-16(2)20-11-30-26(40-27-25(38)24(37)23(29)21(12-32)39-27)19(20)10-18-8-6-17(7-9-18)4-3-5-22(36)31-28(13-33,14-34)15-35;/h6-9,16,21,23-25,27,32-35,37-38H,3-5,10-15H2,1-2H3,(H,31,36);1H4/t21-,23-,24+,25-,27+;/m1./s1. The zero-order chi connectivity index (χ0) is 29.4. The number of nitrogens with zero attached hydrogens (tertiary/aromatic N) is 1. The molecule has 0 radical (unpaired) electrons. The molecule has 232 valence electrons. The third-order valence-corrected chi connectivity index (χ3v) is 7.35. The van der Waals surface area contributed by atoms with E-state index in [9.17, 15) is 39.8 Å². The Hall–Kier alpha value is -2.45. The maximum atomic E-state index is 14.1. The molecule has 1 amide bonds. The Morgan fingerprint density at radius 2 is 1.71 bits per heavy atom. The number of aliphatic imine (C=N–C) groups is 1. The van der Waals surface area contributed by atoms with E-state index in [2.05, 4.69) is 10.3 Å². The number of carbonyl (C=O) groups excluding carboxylic acids is 1. The molecule has 0 aromatic heterocycles. The fourth-order valence-corrected chi connectivity index (χ4v) is 4.67. The van der Waals surface area contributed by atoms with E-state index in [1.54, 1.807) is 0 Å². The van der Waals surface area contributed by atoms with E-state index in [0.717, 1.165) is 22.3 Å². The van der Waals surface area contributed by atoms with Crippen LogP contribution in [0.25, 0.3) is 0 Å². The smallest absolute Gasteiger partial charge is 0.231 e. The summed E-state index contributed by atoms with van der Waals surface area (Å²) in [6.45, 7) is 2.06. The van der Waals surface area contributed by atoms with E-state index in [4.69, 9.17) is 9.47 Å². The Bertz CT molecular complexity index is 1030. The van der Waals surface area contributed by atoms with Crippen LogP contribution in [0.5, 0.6) is 0 Å². The summed E-state index contributed by atoms with van der Waals surface area (Å²) in [5, 5.41) is 60.3. The zero-order valence-corrected chi connectivity index (χ0v) is 22.9. The lowest BCUT2D eigenvalue weighted by Crippen LogP contribution is -2.58. The van der Waals surface area contributed by atoms with E-state index < -0.39 is 62.7 Å². The number of amides is 1.